The highest BCUT2D eigenvalue weighted by atomic mass is 16.6. The lowest BCUT2D eigenvalue weighted by atomic mass is 10.1. The van der Waals surface area contributed by atoms with E-state index in [4.69, 9.17) is 15.2 Å². The molecule has 0 aromatic heterocycles. The van der Waals surface area contributed by atoms with E-state index in [0.717, 1.165) is 18.6 Å². The number of rotatable bonds is 7. The Morgan fingerprint density at radius 2 is 1.89 bits per heavy atom. The summed E-state index contributed by atoms with van der Waals surface area (Å²) in [7, 11) is 0. The fourth-order valence-corrected chi connectivity index (χ4v) is 1.71. The van der Waals surface area contributed by atoms with Gasteiger partial charge < -0.3 is 15.2 Å². The number of esters is 1. The maximum Gasteiger partial charge on any atom is 0.323 e. The zero-order chi connectivity index (χ0) is 14.3. The first-order valence-electron chi connectivity index (χ1n) is 6.72. The van der Waals surface area contributed by atoms with Crippen molar-refractivity contribution in [2.45, 2.75) is 51.9 Å². The molecule has 0 saturated carbocycles. The van der Waals surface area contributed by atoms with Gasteiger partial charge >= 0.3 is 5.97 Å². The predicted octanol–water partition coefficient (Wildman–Crippen LogP) is 2.51. The van der Waals surface area contributed by atoms with Crippen molar-refractivity contribution < 1.29 is 14.3 Å². The zero-order valence-electron chi connectivity index (χ0n) is 11.8. The topological polar surface area (TPSA) is 61.5 Å². The van der Waals surface area contributed by atoms with E-state index in [2.05, 4.69) is 6.92 Å². The molecule has 1 aromatic rings. The van der Waals surface area contributed by atoms with Crippen LogP contribution in [0.5, 0.6) is 5.75 Å². The van der Waals surface area contributed by atoms with Crippen LogP contribution < -0.4 is 10.5 Å². The van der Waals surface area contributed by atoms with Crippen LogP contribution >= 0.6 is 0 Å². The van der Waals surface area contributed by atoms with Crippen molar-refractivity contribution in [3.8, 4) is 5.75 Å². The first-order chi connectivity index (χ1) is 9.04. The molecule has 0 radical (unpaired) electrons. The van der Waals surface area contributed by atoms with Crippen LogP contribution in [0.25, 0.3) is 0 Å². The Morgan fingerprint density at radius 1 is 1.26 bits per heavy atom. The lowest BCUT2D eigenvalue weighted by Crippen LogP contribution is -2.38. The number of nitrogens with two attached hydrogens (primary N) is 1. The normalized spacial score (nSPS) is 15.4. The van der Waals surface area contributed by atoms with Crippen molar-refractivity contribution in [2.75, 3.05) is 0 Å². The van der Waals surface area contributed by atoms with Gasteiger partial charge in [-0.25, -0.2) is 0 Å². The minimum Gasteiger partial charge on any atom is -0.487 e. The van der Waals surface area contributed by atoms with E-state index in [0.29, 0.717) is 0 Å². The highest BCUT2D eigenvalue weighted by Gasteiger charge is 2.23. The Kier molecular flexibility index (Phi) is 6.36. The van der Waals surface area contributed by atoms with Crippen molar-refractivity contribution in [1.29, 1.82) is 0 Å². The van der Waals surface area contributed by atoms with Crippen molar-refractivity contribution >= 4 is 5.97 Å². The van der Waals surface area contributed by atoms with E-state index in [1.165, 1.54) is 0 Å². The molecule has 106 valence electrons. The van der Waals surface area contributed by atoms with Gasteiger partial charge in [-0.05, 0) is 32.4 Å². The molecule has 0 unspecified atom stereocenters. The minimum atomic E-state index is -0.610. The maximum absolute atomic E-state index is 11.5. The van der Waals surface area contributed by atoms with E-state index in [1.54, 1.807) is 6.92 Å². The van der Waals surface area contributed by atoms with Gasteiger partial charge in [0.15, 0.2) is 0 Å². The molecule has 4 nitrogen and oxygen atoms in total. The fourth-order valence-electron chi connectivity index (χ4n) is 1.71. The Bertz CT molecular complexity index is 378. The van der Waals surface area contributed by atoms with Gasteiger partial charge in [0.25, 0.3) is 0 Å². The number of para-hydroxylation sites is 1. The summed E-state index contributed by atoms with van der Waals surface area (Å²) in [5.74, 6) is 0.384. The number of benzene rings is 1. The Morgan fingerprint density at radius 3 is 2.42 bits per heavy atom. The van der Waals surface area contributed by atoms with Gasteiger partial charge in [-0.1, -0.05) is 31.5 Å². The van der Waals surface area contributed by atoms with E-state index >= 15 is 0 Å². The molecule has 0 amide bonds. The molecule has 4 heteroatoms. The fraction of sp³-hybridized carbons (Fsp3) is 0.533. The molecule has 1 aromatic carbocycles. The molecule has 3 atom stereocenters. The smallest absolute Gasteiger partial charge is 0.323 e. The van der Waals surface area contributed by atoms with Gasteiger partial charge in [-0.2, -0.15) is 0 Å². The molecule has 2 N–H and O–H groups in total. The van der Waals surface area contributed by atoms with Crippen LogP contribution in [-0.4, -0.2) is 24.2 Å². The standard InChI is InChI=1S/C15H23NO3/c1-4-8-14(12(3)18-15(17)11(2)16)19-13-9-6-5-7-10-13/h5-7,9-12,14H,4,8,16H2,1-3H3/t11-,12-,14+/m0/s1. The summed E-state index contributed by atoms with van der Waals surface area (Å²) in [5.41, 5.74) is 5.50. The average molecular weight is 265 g/mol. The van der Waals surface area contributed by atoms with Crippen LogP contribution in [0.4, 0.5) is 0 Å². The largest absolute Gasteiger partial charge is 0.487 e. The van der Waals surface area contributed by atoms with Gasteiger partial charge in [0.1, 0.15) is 24.0 Å². The summed E-state index contributed by atoms with van der Waals surface area (Å²) in [6, 6.07) is 8.93. The summed E-state index contributed by atoms with van der Waals surface area (Å²) in [4.78, 5) is 11.5. The summed E-state index contributed by atoms with van der Waals surface area (Å²) in [5, 5.41) is 0. The van der Waals surface area contributed by atoms with Crippen LogP contribution in [0.1, 0.15) is 33.6 Å². The minimum absolute atomic E-state index is 0.157. The van der Waals surface area contributed by atoms with Crippen molar-refractivity contribution in [3.05, 3.63) is 30.3 Å². The van der Waals surface area contributed by atoms with Crippen molar-refractivity contribution in [2.24, 2.45) is 5.73 Å². The van der Waals surface area contributed by atoms with Crippen LogP contribution in [0.15, 0.2) is 30.3 Å². The second-order valence-corrected chi connectivity index (χ2v) is 4.69. The summed E-state index contributed by atoms with van der Waals surface area (Å²) >= 11 is 0. The number of ether oxygens (including phenoxy) is 2. The second kappa shape index (κ2) is 7.79. The highest BCUT2D eigenvalue weighted by molar-refractivity contribution is 5.75. The molecule has 0 aliphatic rings. The highest BCUT2D eigenvalue weighted by Crippen LogP contribution is 2.17. The molecule has 0 aliphatic carbocycles. The van der Waals surface area contributed by atoms with Gasteiger partial charge in [0.2, 0.25) is 0 Å². The lowest BCUT2D eigenvalue weighted by molar-refractivity contribution is -0.154. The lowest BCUT2D eigenvalue weighted by Gasteiger charge is -2.25. The van der Waals surface area contributed by atoms with Crippen LogP contribution in [0.3, 0.4) is 0 Å². The molecule has 0 aliphatic heterocycles. The zero-order valence-corrected chi connectivity index (χ0v) is 11.8. The van der Waals surface area contributed by atoms with E-state index in [1.807, 2.05) is 37.3 Å². The van der Waals surface area contributed by atoms with Crippen LogP contribution in [-0.2, 0) is 9.53 Å². The molecule has 0 fully saturated rings. The third-order valence-electron chi connectivity index (χ3n) is 2.80. The Labute approximate surface area is 114 Å². The molecule has 0 saturated heterocycles. The summed E-state index contributed by atoms with van der Waals surface area (Å²) in [6.07, 6.45) is 1.30. The first kappa shape index (κ1) is 15.5. The van der Waals surface area contributed by atoms with Crippen LogP contribution in [0, 0.1) is 0 Å². The Balaban J connectivity index is 2.63. The number of hydrogen-bond donors (Lipinski definition) is 1. The maximum atomic E-state index is 11.5. The third kappa shape index (κ3) is 5.30. The Hall–Kier alpha value is -1.55. The van der Waals surface area contributed by atoms with E-state index in [9.17, 15) is 4.79 Å². The number of carbonyl (C=O) groups is 1. The molecule has 0 bridgehead atoms. The number of carbonyl (C=O) groups excluding carboxylic acids is 1. The molecule has 0 heterocycles. The first-order valence-corrected chi connectivity index (χ1v) is 6.72. The number of hydrogen-bond acceptors (Lipinski definition) is 4. The summed E-state index contributed by atoms with van der Waals surface area (Å²) < 4.78 is 11.2. The van der Waals surface area contributed by atoms with Crippen molar-refractivity contribution in [1.82, 2.24) is 0 Å². The molecule has 0 spiro atoms. The van der Waals surface area contributed by atoms with E-state index < -0.39 is 12.0 Å². The van der Waals surface area contributed by atoms with Gasteiger partial charge in [-0.3, -0.25) is 4.79 Å². The monoisotopic (exact) mass is 265 g/mol. The quantitative estimate of drug-likeness (QED) is 0.769. The van der Waals surface area contributed by atoms with Gasteiger partial charge in [0, 0.05) is 0 Å². The van der Waals surface area contributed by atoms with Gasteiger partial charge in [0.05, 0.1) is 0 Å². The molecule has 1 rings (SSSR count). The molecule has 19 heavy (non-hydrogen) atoms. The summed E-state index contributed by atoms with van der Waals surface area (Å²) in [6.45, 7) is 5.52. The van der Waals surface area contributed by atoms with Gasteiger partial charge in [-0.15, -0.1) is 0 Å². The SMILES string of the molecule is CCC[C@@H](Oc1ccccc1)[C@H](C)OC(=O)[C@H](C)N. The second-order valence-electron chi connectivity index (χ2n) is 4.69. The average Bonchev–Trinajstić information content (AvgIpc) is 2.39. The third-order valence-corrected chi connectivity index (χ3v) is 2.80. The van der Waals surface area contributed by atoms with Crippen molar-refractivity contribution in [3.63, 3.8) is 0 Å². The molecular formula is C15H23NO3. The predicted molar refractivity (Wildman–Crippen MR) is 75.0 cm³/mol. The van der Waals surface area contributed by atoms with Crippen LogP contribution in [0.2, 0.25) is 0 Å². The van der Waals surface area contributed by atoms with E-state index in [-0.39, 0.29) is 12.2 Å². The molecular weight excluding hydrogens is 242 g/mol.